The minimum atomic E-state index is -0.480. The quantitative estimate of drug-likeness (QED) is 0.664. The van der Waals surface area contributed by atoms with Gasteiger partial charge in [0.1, 0.15) is 5.82 Å². The van der Waals surface area contributed by atoms with Gasteiger partial charge in [-0.15, -0.1) is 0 Å². The number of nitrogens with zero attached hydrogens (tertiary/aromatic N) is 3. The molecule has 0 spiro atoms. The zero-order valence-electron chi connectivity index (χ0n) is 14.8. The Balaban J connectivity index is 1.72. The number of nitrogens with one attached hydrogen (secondary N) is 1. The molecule has 1 aromatic heterocycles. The summed E-state index contributed by atoms with van der Waals surface area (Å²) >= 11 is 0. The lowest BCUT2D eigenvalue weighted by molar-refractivity contribution is -0.384. The van der Waals surface area contributed by atoms with E-state index in [1.807, 2.05) is 6.07 Å². The Bertz CT molecular complexity index is 797. The molecule has 1 aromatic carbocycles. The normalized spacial score (nSPS) is 14.6. The fraction of sp³-hybridized carbons (Fsp3) is 0.368. The molecule has 1 saturated heterocycles. The lowest BCUT2D eigenvalue weighted by Gasteiger charge is -2.21. The molecule has 1 N–H and O–H groups in total. The summed E-state index contributed by atoms with van der Waals surface area (Å²) in [7, 11) is 0. The highest BCUT2D eigenvalue weighted by atomic mass is 16.6. The number of carbonyl (C=O) groups is 1. The maximum atomic E-state index is 12.5. The molecule has 0 bridgehead atoms. The first-order chi connectivity index (χ1) is 12.5. The molecule has 136 valence electrons. The average Bonchev–Trinajstić information content (AvgIpc) is 2.93. The van der Waals surface area contributed by atoms with E-state index in [-0.39, 0.29) is 11.6 Å². The van der Waals surface area contributed by atoms with Crippen LogP contribution in [0.5, 0.6) is 0 Å². The molecule has 1 aliphatic rings. The van der Waals surface area contributed by atoms with E-state index in [0.29, 0.717) is 11.3 Å². The van der Waals surface area contributed by atoms with E-state index in [1.54, 1.807) is 25.3 Å². The van der Waals surface area contributed by atoms with Crippen molar-refractivity contribution in [1.82, 2.24) is 4.98 Å². The molecule has 7 heteroatoms. The van der Waals surface area contributed by atoms with Crippen LogP contribution in [-0.4, -0.2) is 28.9 Å². The number of aromatic nitrogens is 1. The highest BCUT2D eigenvalue weighted by Crippen LogP contribution is 2.23. The van der Waals surface area contributed by atoms with Gasteiger partial charge in [-0.25, -0.2) is 4.98 Å². The van der Waals surface area contributed by atoms with E-state index in [2.05, 4.69) is 15.2 Å². The van der Waals surface area contributed by atoms with Crippen LogP contribution in [0.25, 0.3) is 0 Å². The van der Waals surface area contributed by atoms with Crippen LogP contribution in [0, 0.1) is 17.0 Å². The first-order valence-electron chi connectivity index (χ1n) is 8.82. The van der Waals surface area contributed by atoms with Gasteiger partial charge in [-0.2, -0.15) is 0 Å². The minimum Gasteiger partial charge on any atom is -0.357 e. The number of hydrogen-bond donors (Lipinski definition) is 1. The van der Waals surface area contributed by atoms with Crippen molar-refractivity contribution in [3.63, 3.8) is 0 Å². The monoisotopic (exact) mass is 354 g/mol. The number of rotatable bonds is 4. The van der Waals surface area contributed by atoms with E-state index in [0.717, 1.165) is 37.3 Å². The first-order valence-corrected chi connectivity index (χ1v) is 8.82. The van der Waals surface area contributed by atoms with Crippen molar-refractivity contribution in [2.45, 2.75) is 32.6 Å². The van der Waals surface area contributed by atoms with Crippen molar-refractivity contribution in [3.05, 3.63) is 57.8 Å². The molecule has 2 aromatic rings. The van der Waals surface area contributed by atoms with E-state index >= 15 is 0 Å². The number of hydrogen-bond acceptors (Lipinski definition) is 5. The van der Waals surface area contributed by atoms with Crippen molar-refractivity contribution < 1.29 is 9.72 Å². The van der Waals surface area contributed by atoms with Crippen LogP contribution in [-0.2, 0) is 0 Å². The lowest BCUT2D eigenvalue weighted by Crippen LogP contribution is -2.25. The Kier molecular flexibility index (Phi) is 5.46. The van der Waals surface area contributed by atoms with E-state index in [4.69, 9.17) is 0 Å². The van der Waals surface area contributed by atoms with Crippen LogP contribution in [0.15, 0.2) is 36.5 Å². The average molecular weight is 354 g/mol. The smallest absolute Gasteiger partial charge is 0.271 e. The largest absolute Gasteiger partial charge is 0.357 e. The predicted molar refractivity (Wildman–Crippen MR) is 101 cm³/mol. The molecule has 1 aliphatic heterocycles. The van der Waals surface area contributed by atoms with Gasteiger partial charge in [-0.3, -0.25) is 14.9 Å². The summed E-state index contributed by atoms with van der Waals surface area (Å²) in [6.07, 6.45) is 6.38. The Morgan fingerprint density at radius 1 is 1.15 bits per heavy atom. The minimum absolute atomic E-state index is 0.0551. The second-order valence-corrected chi connectivity index (χ2v) is 6.52. The van der Waals surface area contributed by atoms with E-state index < -0.39 is 4.92 Å². The van der Waals surface area contributed by atoms with Crippen LogP contribution < -0.4 is 10.2 Å². The van der Waals surface area contributed by atoms with Crippen LogP contribution in [0.3, 0.4) is 0 Å². The number of anilines is 2. The Labute approximate surface area is 152 Å². The third-order valence-corrected chi connectivity index (χ3v) is 4.62. The third kappa shape index (κ3) is 4.17. The summed E-state index contributed by atoms with van der Waals surface area (Å²) in [5, 5.41) is 13.6. The molecule has 0 aliphatic carbocycles. The molecule has 0 saturated carbocycles. The van der Waals surface area contributed by atoms with Gasteiger partial charge < -0.3 is 10.2 Å². The molecule has 26 heavy (non-hydrogen) atoms. The summed E-state index contributed by atoms with van der Waals surface area (Å²) in [5.74, 6) is 0.554. The van der Waals surface area contributed by atoms with Gasteiger partial charge in [0, 0.05) is 31.4 Å². The number of benzene rings is 1. The molecule has 0 atom stereocenters. The van der Waals surface area contributed by atoms with Crippen molar-refractivity contribution in [3.8, 4) is 0 Å². The van der Waals surface area contributed by atoms with Crippen LogP contribution in [0.2, 0.25) is 0 Å². The zero-order chi connectivity index (χ0) is 18.5. The standard InChI is InChI=1S/C19H22N4O3/c1-14-6-8-16(23(25)26)12-17(14)21-19(24)15-7-9-18(20-13-15)22-10-4-2-3-5-11-22/h6-9,12-13H,2-5,10-11H2,1H3,(H,21,24). The molecular formula is C19H22N4O3. The second kappa shape index (κ2) is 7.95. The highest BCUT2D eigenvalue weighted by Gasteiger charge is 2.14. The second-order valence-electron chi connectivity index (χ2n) is 6.52. The van der Waals surface area contributed by atoms with Crippen LogP contribution >= 0.6 is 0 Å². The highest BCUT2D eigenvalue weighted by molar-refractivity contribution is 6.04. The molecule has 7 nitrogen and oxygen atoms in total. The van der Waals surface area contributed by atoms with Crippen LogP contribution in [0.4, 0.5) is 17.2 Å². The maximum Gasteiger partial charge on any atom is 0.271 e. The third-order valence-electron chi connectivity index (χ3n) is 4.62. The zero-order valence-corrected chi connectivity index (χ0v) is 14.8. The SMILES string of the molecule is Cc1ccc([N+](=O)[O-])cc1NC(=O)c1ccc(N2CCCCCC2)nc1. The Hall–Kier alpha value is -2.96. The number of non-ortho nitro benzene ring substituents is 1. The summed E-state index contributed by atoms with van der Waals surface area (Å²) in [5.41, 5.74) is 1.56. The molecule has 0 unspecified atom stereocenters. The number of amides is 1. The lowest BCUT2D eigenvalue weighted by atomic mass is 10.1. The van der Waals surface area contributed by atoms with Crippen LogP contribution in [0.1, 0.15) is 41.6 Å². The summed E-state index contributed by atoms with van der Waals surface area (Å²) < 4.78 is 0. The van der Waals surface area contributed by atoms with Gasteiger partial charge in [-0.05, 0) is 37.5 Å². The Morgan fingerprint density at radius 3 is 2.50 bits per heavy atom. The summed E-state index contributed by atoms with van der Waals surface area (Å²) in [6.45, 7) is 3.77. The number of aryl methyl sites for hydroxylation is 1. The van der Waals surface area contributed by atoms with Gasteiger partial charge in [0.2, 0.25) is 0 Å². The molecule has 2 heterocycles. The van der Waals surface area contributed by atoms with Crippen molar-refractivity contribution >= 4 is 23.1 Å². The van der Waals surface area contributed by atoms with Gasteiger partial charge in [-0.1, -0.05) is 18.9 Å². The Morgan fingerprint density at radius 2 is 1.88 bits per heavy atom. The number of pyridine rings is 1. The fourth-order valence-electron chi connectivity index (χ4n) is 3.06. The molecule has 1 fully saturated rings. The number of nitro groups is 1. The van der Waals surface area contributed by atoms with Gasteiger partial charge >= 0.3 is 0 Å². The molecule has 3 rings (SSSR count). The maximum absolute atomic E-state index is 12.5. The van der Waals surface area contributed by atoms with Gasteiger partial charge in [0.15, 0.2) is 0 Å². The number of carbonyl (C=O) groups excluding carboxylic acids is 1. The summed E-state index contributed by atoms with van der Waals surface area (Å²) in [6, 6.07) is 8.01. The van der Waals surface area contributed by atoms with Gasteiger partial charge in [0.25, 0.3) is 11.6 Å². The molecular weight excluding hydrogens is 332 g/mol. The fourth-order valence-corrected chi connectivity index (χ4v) is 3.06. The molecule has 1 amide bonds. The van der Waals surface area contributed by atoms with E-state index in [1.165, 1.54) is 25.0 Å². The first kappa shape index (κ1) is 17.8. The predicted octanol–water partition coefficient (Wildman–Crippen LogP) is 3.93. The van der Waals surface area contributed by atoms with Crippen molar-refractivity contribution in [1.29, 1.82) is 0 Å². The van der Waals surface area contributed by atoms with Crippen molar-refractivity contribution in [2.24, 2.45) is 0 Å². The van der Waals surface area contributed by atoms with E-state index in [9.17, 15) is 14.9 Å². The summed E-state index contributed by atoms with van der Waals surface area (Å²) in [4.78, 5) is 29.6. The van der Waals surface area contributed by atoms with Gasteiger partial charge in [0.05, 0.1) is 16.2 Å². The van der Waals surface area contributed by atoms with Crippen molar-refractivity contribution in [2.75, 3.05) is 23.3 Å². The topological polar surface area (TPSA) is 88.4 Å². The number of nitro benzene ring substituents is 1. The molecule has 0 radical (unpaired) electrons.